The van der Waals surface area contributed by atoms with E-state index in [1.807, 2.05) is 53.4 Å². The number of rotatable bonds is 4. The zero-order chi connectivity index (χ0) is 19.0. The van der Waals surface area contributed by atoms with Gasteiger partial charge in [-0.15, -0.1) is 0 Å². The van der Waals surface area contributed by atoms with Gasteiger partial charge < -0.3 is 9.80 Å². The molecule has 1 saturated carbocycles. The van der Waals surface area contributed by atoms with Gasteiger partial charge in [-0.1, -0.05) is 23.7 Å². The standard InChI is InChI=1S/C22H23ClN2O2/c1-16(26)17-5-7-20(8-6-17)24-11-13-25(14-12-24)21(27)22(9-10-22)18-3-2-4-19(23)15-18/h2-8,15H,9-14H2,1H3. The van der Waals surface area contributed by atoms with Gasteiger partial charge in [0.15, 0.2) is 5.78 Å². The van der Waals surface area contributed by atoms with E-state index in [9.17, 15) is 9.59 Å². The lowest BCUT2D eigenvalue weighted by Crippen LogP contribution is -2.51. The smallest absolute Gasteiger partial charge is 0.233 e. The largest absolute Gasteiger partial charge is 0.368 e. The van der Waals surface area contributed by atoms with Gasteiger partial charge in [0.1, 0.15) is 0 Å². The van der Waals surface area contributed by atoms with Gasteiger partial charge in [-0.05, 0) is 61.7 Å². The quantitative estimate of drug-likeness (QED) is 0.752. The van der Waals surface area contributed by atoms with Crippen LogP contribution in [0.1, 0.15) is 35.7 Å². The third kappa shape index (κ3) is 3.46. The van der Waals surface area contributed by atoms with Crippen molar-refractivity contribution < 1.29 is 9.59 Å². The Morgan fingerprint density at radius 1 is 0.963 bits per heavy atom. The second kappa shape index (κ2) is 7.01. The summed E-state index contributed by atoms with van der Waals surface area (Å²) in [5, 5.41) is 0.686. The average Bonchev–Trinajstić information content (AvgIpc) is 3.50. The van der Waals surface area contributed by atoms with E-state index in [1.165, 1.54) is 0 Å². The van der Waals surface area contributed by atoms with Crippen molar-refractivity contribution in [1.29, 1.82) is 0 Å². The number of hydrogen-bond donors (Lipinski definition) is 0. The molecule has 1 saturated heterocycles. The van der Waals surface area contributed by atoms with E-state index in [0.717, 1.165) is 55.8 Å². The van der Waals surface area contributed by atoms with Gasteiger partial charge in [0.05, 0.1) is 5.41 Å². The molecule has 0 atom stereocenters. The molecule has 2 aromatic carbocycles. The molecule has 27 heavy (non-hydrogen) atoms. The second-order valence-electron chi connectivity index (χ2n) is 7.47. The van der Waals surface area contributed by atoms with Gasteiger partial charge in [0, 0.05) is 42.5 Å². The molecule has 1 heterocycles. The molecule has 2 aliphatic rings. The Balaban J connectivity index is 1.42. The molecule has 4 rings (SSSR count). The van der Waals surface area contributed by atoms with Gasteiger partial charge in [0.25, 0.3) is 0 Å². The molecule has 0 unspecified atom stereocenters. The maximum absolute atomic E-state index is 13.2. The van der Waals surface area contributed by atoms with Crippen LogP contribution >= 0.6 is 11.6 Å². The summed E-state index contributed by atoms with van der Waals surface area (Å²) in [6.07, 6.45) is 1.80. The molecule has 0 radical (unpaired) electrons. The SMILES string of the molecule is CC(=O)c1ccc(N2CCN(C(=O)C3(c4cccc(Cl)c4)CC3)CC2)cc1. The van der Waals surface area contributed by atoms with Crippen LogP contribution < -0.4 is 4.90 Å². The molecular formula is C22H23ClN2O2. The van der Waals surface area contributed by atoms with Crippen LogP contribution in [0.2, 0.25) is 5.02 Å². The van der Waals surface area contributed by atoms with Crippen molar-refractivity contribution in [3.63, 3.8) is 0 Å². The maximum atomic E-state index is 13.2. The fraction of sp³-hybridized carbons (Fsp3) is 0.364. The number of anilines is 1. The van der Waals surface area contributed by atoms with E-state index in [1.54, 1.807) is 6.92 Å². The summed E-state index contributed by atoms with van der Waals surface area (Å²) in [5.74, 6) is 0.309. The normalized spacial score (nSPS) is 18.3. The minimum atomic E-state index is -0.365. The first-order chi connectivity index (χ1) is 13.0. The summed E-state index contributed by atoms with van der Waals surface area (Å²) in [5.41, 5.74) is 2.51. The minimum Gasteiger partial charge on any atom is -0.368 e. The van der Waals surface area contributed by atoms with Crippen LogP contribution in [-0.4, -0.2) is 42.8 Å². The topological polar surface area (TPSA) is 40.6 Å². The third-order valence-corrected chi connectivity index (χ3v) is 5.98. The Kier molecular flexibility index (Phi) is 4.68. The van der Waals surface area contributed by atoms with Gasteiger partial charge in [-0.3, -0.25) is 9.59 Å². The monoisotopic (exact) mass is 382 g/mol. The van der Waals surface area contributed by atoms with Gasteiger partial charge >= 0.3 is 0 Å². The average molecular weight is 383 g/mol. The van der Waals surface area contributed by atoms with Gasteiger partial charge in [0.2, 0.25) is 5.91 Å². The number of carbonyl (C=O) groups is 2. The van der Waals surface area contributed by atoms with E-state index in [4.69, 9.17) is 11.6 Å². The molecule has 0 aromatic heterocycles. The van der Waals surface area contributed by atoms with Crippen molar-refractivity contribution in [3.8, 4) is 0 Å². The molecule has 2 aromatic rings. The van der Waals surface area contributed by atoms with E-state index < -0.39 is 0 Å². The zero-order valence-corrected chi connectivity index (χ0v) is 16.2. The summed E-state index contributed by atoms with van der Waals surface area (Å²) in [6.45, 7) is 4.62. The van der Waals surface area contributed by atoms with Crippen molar-refractivity contribution in [2.45, 2.75) is 25.2 Å². The summed E-state index contributed by atoms with van der Waals surface area (Å²) in [6, 6.07) is 15.4. The Bertz CT molecular complexity index is 866. The molecule has 2 fully saturated rings. The fourth-order valence-corrected chi connectivity index (χ4v) is 4.10. The highest BCUT2D eigenvalue weighted by Crippen LogP contribution is 2.50. The van der Waals surface area contributed by atoms with Crippen LogP contribution in [0.3, 0.4) is 0 Å². The Morgan fingerprint density at radius 3 is 2.19 bits per heavy atom. The van der Waals surface area contributed by atoms with Crippen LogP contribution in [0.4, 0.5) is 5.69 Å². The first kappa shape index (κ1) is 18.1. The fourth-order valence-electron chi connectivity index (χ4n) is 3.91. The van der Waals surface area contributed by atoms with Crippen LogP contribution in [0.5, 0.6) is 0 Å². The van der Waals surface area contributed by atoms with Crippen LogP contribution in [0.25, 0.3) is 0 Å². The Hall–Kier alpha value is -2.33. The number of halogens is 1. The van der Waals surface area contributed by atoms with Crippen LogP contribution in [0.15, 0.2) is 48.5 Å². The highest BCUT2D eigenvalue weighted by atomic mass is 35.5. The number of ketones is 1. The number of Topliss-reactive ketones (excluding diaryl/α,β-unsaturated/α-hetero) is 1. The predicted molar refractivity (Wildman–Crippen MR) is 108 cm³/mol. The van der Waals surface area contributed by atoms with Crippen molar-refractivity contribution in [1.82, 2.24) is 4.90 Å². The molecule has 4 nitrogen and oxygen atoms in total. The summed E-state index contributed by atoms with van der Waals surface area (Å²) in [7, 11) is 0. The van der Waals surface area contributed by atoms with Crippen LogP contribution in [0, 0.1) is 0 Å². The van der Waals surface area contributed by atoms with Crippen molar-refractivity contribution in [2.75, 3.05) is 31.1 Å². The summed E-state index contributed by atoms with van der Waals surface area (Å²) < 4.78 is 0. The number of hydrogen-bond acceptors (Lipinski definition) is 3. The number of amides is 1. The highest BCUT2D eigenvalue weighted by molar-refractivity contribution is 6.30. The Morgan fingerprint density at radius 2 is 1.63 bits per heavy atom. The number of benzene rings is 2. The molecule has 1 amide bonds. The molecule has 5 heteroatoms. The molecule has 140 valence electrons. The lowest BCUT2D eigenvalue weighted by molar-refractivity contribution is -0.134. The van der Waals surface area contributed by atoms with Crippen molar-refractivity contribution in [2.24, 2.45) is 0 Å². The second-order valence-corrected chi connectivity index (χ2v) is 7.91. The first-order valence-corrected chi connectivity index (χ1v) is 9.79. The molecule has 0 bridgehead atoms. The summed E-state index contributed by atoms with van der Waals surface area (Å²) >= 11 is 6.13. The molecule has 1 aliphatic carbocycles. The van der Waals surface area contributed by atoms with E-state index >= 15 is 0 Å². The van der Waals surface area contributed by atoms with E-state index in [2.05, 4.69) is 4.90 Å². The van der Waals surface area contributed by atoms with Crippen molar-refractivity contribution in [3.05, 3.63) is 64.7 Å². The minimum absolute atomic E-state index is 0.0766. The number of carbonyl (C=O) groups excluding carboxylic acids is 2. The van der Waals surface area contributed by atoms with E-state index in [-0.39, 0.29) is 17.1 Å². The summed E-state index contributed by atoms with van der Waals surface area (Å²) in [4.78, 5) is 28.9. The molecule has 1 aliphatic heterocycles. The lowest BCUT2D eigenvalue weighted by atomic mass is 9.94. The Labute approximate surface area is 164 Å². The number of nitrogens with zero attached hydrogens (tertiary/aromatic N) is 2. The van der Waals surface area contributed by atoms with Crippen molar-refractivity contribution >= 4 is 29.0 Å². The third-order valence-electron chi connectivity index (χ3n) is 5.74. The molecule has 0 N–H and O–H groups in total. The highest BCUT2D eigenvalue weighted by Gasteiger charge is 2.53. The zero-order valence-electron chi connectivity index (χ0n) is 15.5. The maximum Gasteiger partial charge on any atom is 0.233 e. The first-order valence-electron chi connectivity index (χ1n) is 9.41. The molecule has 0 spiro atoms. The van der Waals surface area contributed by atoms with E-state index in [0.29, 0.717) is 5.02 Å². The molecular weight excluding hydrogens is 360 g/mol. The van der Waals surface area contributed by atoms with Crippen LogP contribution in [-0.2, 0) is 10.2 Å². The van der Waals surface area contributed by atoms with Gasteiger partial charge in [-0.25, -0.2) is 0 Å². The predicted octanol–water partition coefficient (Wildman–Crippen LogP) is 3.92. The number of piperazine rings is 1. The van der Waals surface area contributed by atoms with Gasteiger partial charge in [-0.2, -0.15) is 0 Å². The lowest BCUT2D eigenvalue weighted by Gasteiger charge is -2.38.